The molecule has 1 N–H and O–H groups in total. The van der Waals surface area contributed by atoms with Gasteiger partial charge in [-0.15, -0.1) is 0 Å². The Morgan fingerprint density at radius 3 is 2.42 bits per heavy atom. The lowest BCUT2D eigenvalue weighted by atomic mass is 9.62. The van der Waals surface area contributed by atoms with Gasteiger partial charge in [-0.05, 0) is 77.8 Å². The van der Waals surface area contributed by atoms with Crippen LogP contribution in [0.15, 0.2) is 28.7 Å². The Hall–Kier alpha value is -2.07. The molecule has 0 saturated carbocycles. The van der Waals surface area contributed by atoms with Crippen molar-refractivity contribution in [3.63, 3.8) is 0 Å². The zero-order valence-corrected chi connectivity index (χ0v) is 19.1. The zero-order chi connectivity index (χ0) is 21.5. The van der Waals surface area contributed by atoms with E-state index in [9.17, 15) is 4.79 Å². The standard InChI is InChI=1S/C26H35NO3.CH4/c1-17-13-21-22(26(4,5)11-10-25(21,2)3)15-18(17)14-19-8-9-23(30-19)24(28)27-16-20-7-6-12-29-20;/h8-9,13,15,20H,6-7,10-12,14,16H2,1-5H3,(H,27,28);1H4/t20-;/m0./s1. The smallest absolute Gasteiger partial charge is 0.287 e. The number of aryl methyl sites for hydroxylation is 1. The molecule has 1 amide bonds. The minimum atomic E-state index is -0.165. The maximum absolute atomic E-state index is 12.4. The van der Waals surface area contributed by atoms with E-state index in [0.717, 1.165) is 25.2 Å². The summed E-state index contributed by atoms with van der Waals surface area (Å²) in [6, 6.07) is 8.46. The number of furan rings is 1. The van der Waals surface area contributed by atoms with Gasteiger partial charge in [0.1, 0.15) is 5.76 Å². The number of benzene rings is 1. The Morgan fingerprint density at radius 1 is 1.10 bits per heavy atom. The molecule has 0 radical (unpaired) electrons. The minimum Gasteiger partial charge on any atom is -0.456 e. The number of rotatable bonds is 5. The highest BCUT2D eigenvalue weighted by Gasteiger charge is 2.37. The normalized spacial score (nSPS) is 21.3. The van der Waals surface area contributed by atoms with Gasteiger partial charge in [-0.2, -0.15) is 0 Å². The molecule has 1 fully saturated rings. The van der Waals surface area contributed by atoms with Crippen molar-refractivity contribution in [2.24, 2.45) is 0 Å². The van der Waals surface area contributed by atoms with Crippen molar-refractivity contribution in [2.45, 2.75) is 91.1 Å². The average molecular weight is 426 g/mol. The third-order valence-corrected chi connectivity index (χ3v) is 7.07. The van der Waals surface area contributed by atoms with Crippen LogP contribution in [0.1, 0.15) is 99.4 Å². The first-order valence-electron chi connectivity index (χ1n) is 11.3. The van der Waals surface area contributed by atoms with Crippen LogP contribution >= 0.6 is 0 Å². The Labute approximate surface area is 187 Å². The summed E-state index contributed by atoms with van der Waals surface area (Å²) in [5, 5.41) is 2.93. The van der Waals surface area contributed by atoms with Crippen molar-refractivity contribution in [1.29, 1.82) is 0 Å². The number of amides is 1. The molecule has 31 heavy (non-hydrogen) atoms. The summed E-state index contributed by atoms with van der Waals surface area (Å²) < 4.78 is 11.5. The minimum absolute atomic E-state index is 0. The van der Waals surface area contributed by atoms with E-state index in [4.69, 9.17) is 9.15 Å². The van der Waals surface area contributed by atoms with Crippen molar-refractivity contribution in [2.75, 3.05) is 13.2 Å². The van der Waals surface area contributed by atoms with Crippen molar-refractivity contribution < 1.29 is 13.9 Å². The third kappa shape index (κ3) is 4.90. The van der Waals surface area contributed by atoms with E-state index in [-0.39, 0.29) is 30.3 Å². The van der Waals surface area contributed by atoms with E-state index in [1.165, 1.54) is 35.1 Å². The first kappa shape index (κ1) is 23.6. The molecule has 1 aromatic carbocycles. The Bertz CT molecular complexity index is 932. The SMILES string of the molecule is C.Cc1cc2c(cc1Cc1ccc(C(=O)NC[C@@H]3CCCO3)o1)C(C)(C)CCC2(C)C. The summed E-state index contributed by atoms with van der Waals surface area (Å²) in [5.41, 5.74) is 5.91. The molecule has 4 heteroatoms. The van der Waals surface area contributed by atoms with Crippen LogP contribution in [-0.2, 0) is 22.0 Å². The van der Waals surface area contributed by atoms with Gasteiger partial charge in [0.15, 0.2) is 5.76 Å². The number of carbonyl (C=O) groups excluding carboxylic acids is 1. The van der Waals surface area contributed by atoms with Gasteiger partial charge in [0.05, 0.1) is 6.10 Å². The fraction of sp³-hybridized carbons (Fsp3) is 0.593. The van der Waals surface area contributed by atoms with Crippen LogP contribution in [0.5, 0.6) is 0 Å². The molecule has 1 saturated heterocycles. The quantitative estimate of drug-likeness (QED) is 0.632. The van der Waals surface area contributed by atoms with Crippen LogP contribution < -0.4 is 5.32 Å². The Balaban J connectivity index is 0.00000272. The van der Waals surface area contributed by atoms with Gasteiger partial charge in [-0.25, -0.2) is 0 Å². The molecule has 0 bridgehead atoms. The number of fused-ring (bicyclic) bond motifs is 1. The van der Waals surface area contributed by atoms with E-state index in [1.54, 1.807) is 6.07 Å². The van der Waals surface area contributed by atoms with Gasteiger partial charge in [0.2, 0.25) is 0 Å². The van der Waals surface area contributed by atoms with Gasteiger partial charge >= 0.3 is 0 Å². The third-order valence-electron chi connectivity index (χ3n) is 7.07. The zero-order valence-electron chi connectivity index (χ0n) is 19.1. The van der Waals surface area contributed by atoms with Crippen LogP contribution in [0.4, 0.5) is 0 Å². The molecule has 1 aliphatic carbocycles. The van der Waals surface area contributed by atoms with E-state index in [2.05, 4.69) is 52.1 Å². The summed E-state index contributed by atoms with van der Waals surface area (Å²) in [4.78, 5) is 12.4. The number of ether oxygens (including phenoxy) is 1. The monoisotopic (exact) mass is 425 g/mol. The predicted molar refractivity (Wildman–Crippen MR) is 126 cm³/mol. The van der Waals surface area contributed by atoms with E-state index < -0.39 is 0 Å². The van der Waals surface area contributed by atoms with Gasteiger partial charge in [0.25, 0.3) is 5.91 Å². The fourth-order valence-electron chi connectivity index (χ4n) is 4.84. The molecule has 4 nitrogen and oxygen atoms in total. The largest absolute Gasteiger partial charge is 0.456 e. The van der Waals surface area contributed by atoms with Crippen molar-refractivity contribution in [3.8, 4) is 0 Å². The molecule has 0 spiro atoms. The van der Waals surface area contributed by atoms with Crippen LogP contribution in [0.2, 0.25) is 0 Å². The lowest BCUT2D eigenvalue weighted by molar-refractivity contribution is 0.0834. The predicted octanol–water partition coefficient (Wildman–Crippen LogP) is 6.07. The molecule has 1 aromatic heterocycles. The lowest BCUT2D eigenvalue weighted by Crippen LogP contribution is -2.34. The fourth-order valence-corrected chi connectivity index (χ4v) is 4.84. The molecular formula is C27H39NO3. The molecular weight excluding hydrogens is 386 g/mol. The average Bonchev–Trinajstić information content (AvgIpc) is 3.37. The maximum atomic E-state index is 12.4. The second-order valence-electron chi connectivity index (χ2n) is 10.4. The molecule has 4 rings (SSSR count). The lowest BCUT2D eigenvalue weighted by Gasteiger charge is -2.42. The van der Waals surface area contributed by atoms with Gasteiger partial charge in [0, 0.05) is 19.6 Å². The Morgan fingerprint density at radius 2 is 1.77 bits per heavy atom. The summed E-state index contributed by atoms with van der Waals surface area (Å²) in [6.07, 6.45) is 5.33. The highest BCUT2D eigenvalue weighted by molar-refractivity contribution is 5.91. The van der Waals surface area contributed by atoms with Gasteiger partial charge in [-0.1, -0.05) is 47.3 Å². The van der Waals surface area contributed by atoms with Crippen molar-refractivity contribution in [1.82, 2.24) is 5.32 Å². The first-order chi connectivity index (χ1) is 14.2. The molecule has 2 aliphatic rings. The first-order valence-corrected chi connectivity index (χ1v) is 11.3. The van der Waals surface area contributed by atoms with Gasteiger partial charge < -0.3 is 14.5 Å². The van der Waals surface area contributed by atoms with E-state index in [0.29, 0.717) is 18.7 Å². The summed E-state index contributed by atoms with van der Waals surface area (Å²) in [5.74, 6) is 1.04. The van der Waals surface area contributed by atoms with E-state index in [1.807, 2.05) is 6.07 Å². The van der Waals surface area contributed by atoms with Crippen LogP contribution in [-0.4, -0.2) is 25.2 Å². The number of nitrogens with one attached hydrogen (secondary N) is 1. The summed E-state index contributed by atoms with van der Waals surface area (Å²) in [7, 11) is 0. The number of carbonyl (C=O) groups is 1. The highest BCUT2D eigenvalue weighted by atomic mass is 16.5. The number of hydrogen-bond donors (Lipinski definition) is 1. The molecule has 170 valence electrons. The summed E-state index contributed by atoms with van der Waals surface area (Å²) in [6.45, 7) is 12.9. The van der Waals surface area contributed by atoms with Crippen LogP contribution in [0.3, 0.4) is 0 Å². The molecule has 2 aromatic rings. The second-order valence-corrected chi connectivity index (χ2v) is 10.4. The van der Waals surface area contributed by atoms with Crippen molar-refractivity contribution in [3.05, 3.63) is 58.0 Å². The second kappa shape index (κ2) is 8.82. The van der Waals surface area contributed by atoms with Crippen LogP contribution in [0.25, 0.3) is 0 Å². The highest BCUT2D eigenvalue weighted by Crippen LogP contribution is 2.46. The van der Waals surface area contributed by atoms with Gasteiger partial charge in [-0.3, -0.25) is 4.79 Å². The molecule has 1 atom stereocenters. The van der Waals surface area contributed by atoms with Crippen molar-refractivity contribution >= 4 is 5.91 Å². The van der Waals surface area contributed by atoms with Crippen LogP contribution in [0, 0.1) is 6.92 Å². The maximum Gasteiger partial charge on any atom is 0.287 e. The molecule has 1 aliphatic heterocycles. The summed E-state index contributed by atoms with van der Waals surface area (Å²) >= 11 is 0. The van der Waals surface area contributed by atoms with E-state index >= 15 is 0 Å². The Kier molecular flexibility index (Phi) is 6.71. The molecule has 0 unspecified atom stereocenters. The molecule has 2 heterocycles. The number of hydrogen-bond acceptors (Lipinski definition) is 3. The topological polar surface area (TPSA) is 51.5 Å².